The van der Waals surface area contributed by atoms with Crippen molar-refractivity contribution in [2.24, 2.45) is 0 Å². The Morgan fingerprint density at radius 3 is 2.75 bits per heavy atom. The molecule has 0 radical (unpaired) electrons. The number of nitrogens with zero attached hydrogens (tertiary/aromatic N) is 1. The summed E-state index contributed by atoms with van der Waals surface area (Å²) in [6.45, 7) is 2.00. The van der Waals surface area contributed by atoms with Gasteiger partial charge in [-0.3, -0.25) is 0 Å². The zero-order valence-electron chi connectivity index (χ0n) is 4.76. The van der Waals surface area contributed by atoms with E-state index in [1.807, 2.05) is 19.2 Å². The van der Waals surface area contributed by atoms with Crippen LogP contribution in [-0.4, -0.2) is 21.8 Å². The van der Waals surface area contributed by atoms with Gasteiger partial charge in [0.2, 0.25) is 0 Å². The van der Waals surface area contributed by atoms with Crippen LogP contribution in [0.25, 0.3) is 0 Å². The van der Waals surface area contributed by atoms with Gasteiger partial charge in [0.05, 0.1) is 0 Å². The summed E-state index contributed by atoms with van der Waals surface area (Å²) in [5.74, 6) is 0. The summed E-state index contributed by atoms with van der Waals surface area (Å²) in [5, 5.41) is 0. The predicted octanol–water partition coefficient (Wildman–Crippen LogP) is -0.352. The van der Waals surface area contributed by atoms with Crippen molar-refractivity contribution in [3.8, 4) is 0 Å². The van der Waals surface area contributed by atoms with E-state index in [1.54, 1.807) is 16.9 Å². The molecular formula is C6H8AsN. The van der Waals surface area contributed by atoms with Crippen LogP contribution in [-0.2, 0) is 0 Å². The molecule has 0 aliphatic heterocycles. The van der Waals surface area contributed by atoms with Crippen LogP contribution in [0.3, 0.4) is 0 Å². The number of aromatic nitrogens is 1. The Bertz CT molecular complexity index is 168. The van der Waals surface area contributed by atoms with E-state index in [-0.39, 0.29) is 0 Å². The van der Waals surface area contributed by atoms with Crippen molar-refractivity contribution < 1.29 is 0 Å². The van der Waals surface area contributed by atoms with E-state index in [4.69, 9.17) is 0 Å². The molecule has 0 N–H and O–H groups in total. The van der Waals surface area contributed by atoms with Crippen LogP contribution in [0.15, 0.2) is 18.3 Å². The molecule has 0 saturated heterocycles. The Labute approximate surface area is 57.6 Å². The van der Waals surface area contributed by atoms with Gasteiger partial charge in [-0.1, -0.05) is 0 Å². The molecule has 1 nitrogen and oxygen atoms in total. The second-order valence-electron chi connectivity index (χ2n) is 1.73. The molecule has 0 amide bonds. The van der Waals surface area contributed by atoms with E-state index in [2.05, 4.69) is 11.1 Å². The molecule has 0 spiro atoms. The van der Waals surface area contributed by atoms with Crippen LogP contribution in [0.2, 0.25) is 0 Å². The first kappa shape index (κ1) is 5.84. The second-order valence-corrected chi connectivity index (χ2v) is 3.13. The van der Waals surface area contributed by atoms with Gasteiger partial charge in [0.15, 0.2) is 0 Å². The average molecular weight is 169 g/mol. The molecular weight excluding hydrogens is 161 g/mol. The summed E-state index contributed by atoms with van der Waals surface area (Å²) >= 11 is 1.64. The van der Waals surface area contributed by atoms with Gasteiger partial charge >= 0.3 is 57.1 Å². The Balaban J connectivity index is 3.08. The minimum absolute atomic E-state index is 1.10. The first-order valence-corrected chi connectivity index (χ1v) is 3.68. The standard InChI is InChI=1S/C6H8AsN/c1-5-4-6(7)2-3-8-5/h2-4H,7H2,1H3. The van der Waals surface area contributed by atoms with Crippen molar-refractivity contribution in [1.29, 1.82) is 0 Å². The summed E-state index contributed by atoms with van der Waals surface area (Å²) in [4.78, 5) is 4.05. The van der Waals surface area contributed by atoms with Gasteiger partial charge in [-0.25, -0.2) is 0 Å². The van der Waals surface area contributed by atoms with Crippen LogP contribution >= 0.6 is 0 Å². The van der Waals surface area contributed by atoms with E-state index in [0.717, 1.165) is 5.69 Å². The zero-order valence-corrected chi connectivity index (χ0v) is 7.18. The molecule has 2 heteroatoms. The summed E-state index contributed by atoms with van der Waals surface area (Å²) in [5.41, 5.74) is 1.10. The third-order valence-electron chi connectivity index (χ3n) is 0.921. The zero-order chi connectivity index (χ0) is 5.98. The maximum atomic E-state index is 4.05. The number of aryl methyl sites for hydroxylation is 1. The number of rotatable bonds is 0. The first-order valence-electron chi connectivity index (χ1n) is 2.47. The maximum absolute atomic E-state index is 4.05. The fourth-order valence-electron chi connectivity index (χ4n) is 0.567. The SMILES string of the molecule is Cc1cc([AsH2])ccn1. The van der Waals surface area contributed by atoms with Gasteiger partial charge in [-0.2, -0.15) is 0 Å². The second kappa shape index (κ2) is 2.32. The first-order chi connectivity index (χ1) is 3.79. The van der Waals surface area contributed by atoms with Gasteiger partial charge in [0, 0.05) is 0 Å². The molecule has 0 bridgehead atoms. The van der Waals surface area contributed by atoms with Crippen molar-refractivity contribution in [1.82, 2.24) is 4.98 Å². The monoisotopic (exact) mass is 169 g/mol. The third-order valence-corrected chi connectivity index (χ3v) is 1.67. The Kier molecular flexibility index (Phi) is 1.69. The van der Waals surface area contributed by atoms with Crippen LogP contribution in [0.4, 0.5) is 0 Å². The Hall–Kier alpha value is -0.292. The summed E-state index contributed by atoms with van der Waals surface area (Å²) in [6.07, 6.45) is 1.84. The van der Waals surface area contributed by atoms with Crippen molar-refractivity contribution >= 4 is 21.2 Å². The van der Waals surface area contributed by atoms with E-state index in [1.165, 1.54) is 4.35 Å². The van der Waals surface area contributed by atoms with Gasteiger partial charge in [-0.15, -0.1) is 0 Å². The number of pyridine rings is 1. The number of hydrogen-bond donors (Lipinski definition) is 0. The van der Waals surface area contributed by atoms with E-state index < -0.39 is 0 Å². The molecule has 8 heavy (non-hydrogen) atoms. The predicted molar refractivity (Wildman–Crippen MR) is 37.2 cm³/mol. The molecule has 0 aliphatic carbocycles. The average Bonchev–Trinajstić information content (AvgIpc) is 1.64. The van der Waals surface area contributed by atoms with Crippen LogP contribution in [0.5, 0.6) is 0 Å². The number of hydrogen-bond acceptors (Lipinski definition) is 1. The quantitative estimate of drug-likeness (QED) is 0.483. The summed E-state index contributed by atoms with van der Waals surface area (Å²) in [6, 6.07) is 4.10. The molecule has 1 aromatic heterocycles. The van der Waals surface area contributed by atoms with E-state index >= 15 is 0 Å². The molecule has 1 heterocycles. The van der Waals surface area contributed by atoms with Crippen molar-refractivity contribution in [3.63, 3.8) is 0 Å². The fourth-order valence-corrected chi connectivity index (χ4v) is 1.25. The van der Waals surface area contributed by atoms with Crippen molar-refractivity contribution in [2.75, 3.05) is 0 Å². The summed E-state index contributed by atoms with van der Waals surface area (Å²) in [7, 11) is 0. The van der Waals surface area contributed by atoms with Crippen LogP contribution in [0.1, 0.15) is 5.69 Å². The molecule has 1 unspecified atom stereocenters. The van der Waals surface area contributed by atoms with Gasteiger partial charge in [0.25, 0.3) is 0 Å². The Morgan fingerprint density at radius 2 is 2.38 bits per heavy atom. The molecule has 42 valence electrons. The Morgan fingerprint density at radius 1 is 1.62 bits per heavy atom. The molecule has 0 fully saturated rings. The normalized spacial score (nSPS) is 9.25. The van der Waals surface area contributed by atoms with Crippen LogP contribution in [0, 0.1) is 6.92 Å². The van der Waals surface area contributed by atoms with Gasteiger partial charge in [-0.05, 0) is 0 Å². The molecule has 0 saturated carbocycles. The molecule has 1 aromatic rings. The third kappa shape index (κ3) is 1.34. The van der Waals surface area contributed by atoms with Crippen LogP contribution < -0.4 is 4.35 Å². The van der Waals surface area contributed by atoms with E-state index in [9.17, 15) is 0 Å². The summed E-state index contributed by atoms with van der Waals surface area (Å²) < 4.78 is 1.34. The van der Waals surface area contributed by atoms with E-state index in [0.29, 0.717) is 0 Å². The van der Waals surface area contributed by atoms with Gasteiger partial charge in [0.1, 0.15) is 0 Å². The molecule has 0 aliphatic rings. The fraction of sp³-hybridized carbons (Fsp3) is 0.167. The molecule has 1 atom stereocenters. The molecule has 1 rings (SSSR count). The minimum atomic E-state index is 1.10. The van der Waals surface area contributed by atoms with Crippen molar-refractivity contribution in [2.45, 2.75) is 6.92 Å². The topological polar surface area (TPSA) is 12.9 Å². The molecule has 0 aromatic carbocycles. The van der Waals surface area contributed by atoms with Crippen molar-refractivity contribution in [3.05, 3.63) is 24.0 Å². The van der Waals surface area contributed by atoms with Gasteiger partial charge < -0.3 is 0 Å².